The molecule has 0 aliphatic rings. The van der Waals surface area contributed by atoms with Gasteiger partial charge in [0.25, 0.3) is 0 Å². The molecule has 0 atom stereocenters. The summed E-state index contributed by atoms with van der Waals surface area (Å²) in [6.45, 7) is 0. The number of para-hydroxylation sites is 1. The lowest BCUT2D eigenvalue weighted by Gasteiger charge is -2.10. The summed E-state index contributed by atoms with van der Waals surface area (Å²) >= 11 is 3.39. The van der Waals surface area contributed by atoms with Crippen LogP contribution in [0.2, 0.25) is 0 Å². The number of hydrazone groups is 1. The number of nitrogens with zero attached hydrogens (tertiary/aromatic N) is 1. The van der Waals surface area contributed by atoms with E-state index in [1.165, 1.54) is 6.21 Å². The van der Waals surface area contributed by atoms with Crippen molar-refractivity contribution >= 4 is 33.9 Å². The molecule has 0 spiro atoms. The molecule has 6 nitrogen and oxygen atoms in total. The second-order valence-electron chi connectivity index (χ2n) is 4.42. The van der Waals surface area contributed by atoms with Gasteiger partial charge in [-0.3, -0.25) is 0 Å². The Morgan fingerprint density at radius 2 is 1.91 bits per heavy atom. The fraction of sp³-hybridized carbons (Fsp3) is 0.125. The first-order valence-corrected chi connectivity index (χ1v) is 7.50. The number of rotatable bonds is 5. The molecule has 0 saturated heterocycles. The van der Waals surface area contributed by atoms with Crippen molar-refractivity contribution in [2.24, 2.45) is 5.10 Å². The number of hydrogen-bond donors (Lipinski definition) is 2. The average Bonchev–Trinajstić information content (AvgIpc) is 2.55. The minimum atomic E-state index is -0.437. The van der Waals surface area contributed by atoms with E-state index in [1.807, 2.05) is 24.3 Å². The fourth-order valence-electron chi connectivity index (χ4n) is 1.90. The van der Waals surface area contributed by atoms with Gasteiger partial charge < -0.3 is 14.8 Å². The molecule has 0 radical (unpaired) electrons. The summed E-state index contributed by atoms with van der Waals surface area (Å²) in [4.78, 5) is 11.7. The zero-order valence-corrected chi connectivity index (χ0v) is 14.3. The number of carbonyl (C=O) groups excluding carboxylic acids is 1. The van der Waals surface area contributed by atoms with E-state index in [1.54, 1.807) is 32.4 Å². The Hall–Kier alpha value is -2.54. The standard InChI is InChI=1S/C16H16BrN3O3/c1-22-14-9-12(17)8-11(15(14)23-2)10-18-20-16(21)19-13-6-4-3-5-7-13/h3-10H,1-2H3,(H2,19,20,21)/b18-10+. The molecule has 2 N–H and O–H groups in total. The fourth-order valence-corrected chi connectivity index (χ4v) is 2.35. The van der Waals surface area contributed by atoms with Crippen LogP contribution >= 0.6 is 15.9 Å². The molecule has 0 heterocycles. The van der Waals surface area contributed by atoms with Crippen LogP contribution in [0.5, 0.6) is 11.5 Å². The van der Waals surface area contributed by atoms with E-state index in [2.05, 4.69) is 31.8 Å². The van der Waals surface area contributed by atoms with Crippen molar-refractivity contribution in [3.8, 4) is 11.5 Å². The van der Waals surface area contributed by atoms with Gasteiger partial charge in [-0.05, 0) is 24.3 Å². The maximum atomic E-state index is 11.7. The van der Waals surface area contributed by atoms with E-state index in [4.69, 9.17) is 9.47 Å². The minimum Gasteiger partial charge on any atom is -0.493 e. The quantitative estimate of drug-likeness (QED) is 0.617. The van der Waals surface area contributed by atoms with E-state index in [0.29, 0.717) is 22.7 Å². The van der Waals surface area contributed by atoms with Gasteiger partial charge >= 0.3 is 6.03 Å². The highest BCUT2D eigenvalue weighted by atomic mass is 79.9. The van der Waals surface area contributed by atoms with Crippen LogP contribution in [0.3, 0.4) is 0 Å². The van der Waals surface area contributed by atoms with E-state index in [9.17, 15) is 4.79 Å². The predicted octanol–water partition coefficient (Wildman–Crippen LogP) is 3.62. The highest BCUT2D eigenvalue weighted by molar-refractivity contribution is 9.10. The van der Waals surface area contributed by atoms with E-state index < -0.39 is 6.03 Å². The molecule has 120 valence electrons. The highest BCUT2D eigenvalue weighted by Gasteiger charge is 2.10. The van der Waals surface area contributed by atoms with Crippen molar-refractivity contribution in [1.82, 2.24) is 5.43 Å². The second-order valence-corrected chi connectivity index (χ2v) is 5.34. The van der Waals surface area contributed by atoms with Crippen LogP contribution < -0.4 is 20.2 Å². The molecule has 0 unspecified atom stereocenters. The highest BCUT2D eigenvalue weighted by Crippen LogP contribution is 2.33. The molecule has 7 heteroatoms. The smallest absolute Gasteiger partial charge is 0.339 e. The van der Waals surface area contributed by atoms with Gasteiger partial charge in [-0.15, -0.1) is 0 Å². The number of amides is 2. The number of nitrogens with one attached hydrogen (secondary N) is 2. The number of benzene rings is 2. The Morgan fingerprint density at radius 3 is 2.57 bits per heavy atom. The van der Waals surface area contributed by atoms with Crippen LogP contribution in [0.1, 0.15) is 5.56 Å². The lowest BCUT2D eigenvalue weighted by atomic mass is 10.2. The largest absolute Gasteiger partial charge is 0.493 e. The van der Waals surface area contributed by atoms with Gasteiger partial charge in [0, 0.05) is 15.7 Å². The number of methoxy groups -OCH3 is 2. The van der Waals surface area contributed by atoms with Crippen LogP contribution in [0, 0.1) is 0 Å². The Labute approximate surface area is 142 Å². The van der Waals surface area contributed by atoms with Crippen LogP contribution in [0.4, 0.5) is 10.5 Å². The van der Waals surface area contributed by atoms with Crippen molar-refractivity contribution < 1.29 is 14.3 Å². The van der Waals surface area contributed by atoms with Crippen LogP contribution in [0.15, 0.2) is 52.0 Å². The molecule has 0 aliphatic heterocycles. The van der Waals surface area contributed by atoms with E-state index >= 15 is 0 Å². The van der Waals surface area contributed by atoms with Crippen LogP contribution in [-0.2, 0) is 0 Å². The zero-order chi connectivity index (χ0) is 16.7. The minimum absolute atomic E-state index is 0.437. The van der Waals surface area contributed by atoms with Crippen LogP contribution in [0.25, 0.3) is 0 Å². The molecule has 2 aromatic rings. The molecule has 0 saturated carbocycles. The summed E-state index contributed by atoms with van der Waals surface area (Å²) in [6.07, 6.45) is 1.48. The Bertz CT molecular complexity index is 705. The molecule has 2 amide bonds. The topological polar surface area (TPSA) is 72.0 Å². The number of carbonyl (C=O) groups is 1. The summed E-state index contributed by atoms with van der Waals surface area (Å²) in [5, 5.41) is 6.58. The maximum absolute atomic E-state index is 11.7. The molecule has 2 rings (SSSR count). The third-order valence-electron chi connectivity index (χ3n) is 2.87. The van der Waals surface area contributed by atoms with Gasteiger partial charge in [0.05, 0.1) is 20.4 Å². The molecule has 0 aliphatic carbocycles. The molecular weight excluding hydrogens is 362 g/mol. The molecule has 0 fully saturated rings. The van der Waals surface area contributed by atoms with Crippen molar-refractivity contribution in [1.29, 1.82) is 0 Å². The van der Waals surface area contributed by atoms with Gasteiger partial charge in [-0.25, -0.2) is 10.2 Å². The molecule has 23 heavy (non-hydrogen) atoms. The predicted molar refractivity (Wildman–Crippen MR) is 93.4 cm³/mol. The molecule has 2 aromatic carbocycles. The number of hydrogen-bond acceptors (Lipinski definition) is 4. The van der Waals surface area contributed by atoms with E-state index in [-0.39, 0.29) is 0 Å². The molecule has 0 bridgehead atoms. The maximum Gasteiger partial charge on any atom is 0.339 e. The number of halogens is 1. The number of anilines is 1. The summed E-state index contributed by atoms with van der Waals surface area (Å²) in [7, 11) is 3.09. The first-order valence-electron chi connectivity index (χ1n) is 6.70. The van der Waals surface area contributed by atoms with Gasteiger partial charge in [0.2, 0.25) is 0 Å². The van der Waals surface area contributed by atoms with Gasteiger partial charge in [0.1, 0.15) is 0 Å². The van der Waals surface area contributed by atoms with Crippen molar-refractivity contribution in [2.75, 3.05) is 19.5 Å². The monoisotopic (exact) mass is 377 g/mol. The lowest BCUT2D eigenvalue weighted by Crippen LogP contribution is -2.24. The number of urea groups is 1. The summed E-state index contributed by atoms with van der Waals surface area (Å²) in [5.41, 5.74) is 3.74. The lowest BCUT2D eigenvalue weighted by molar-refractivity contribution is 0.252. The Balaban J connectivity index is 2.05. The molecular formula is C16H16BrN3O3. The first-order chi connectivity index (χ1) is 11.1. The van der Waals surface area contributed by atoms with Crippen molar-refractivity contribution in [3.05, 3.63) is 52.5 Å². The van der Waals surface area contributed by atoms with Gasteiger partial charge in [-0.1, -0.05) is 34.1 Å². The zero-order valence-electron chi connectivity index (χ0n) is 12.7. The summed E-state index contributed by atoms with van der Waals surface area (Å²) in [5.74, 6) is 1.10. The molecule has 0 aromatic heterocycles. The van der Waals surface area contributed by atoms with Crippen molar-refractivity contribution in [3.63, 3.8) is 0 Å². The van der Waals surface area contributed by atoms with Gasteiger partial charge in [0.15, 0.2) is 11.5 Å². The first kappa shape index (κ1) is 16.8. The second kappa shape index (κ2) is 8.19. The number of ether oxygens (including phenoxy) is 2. The third kappa shape index (κ3) is 4.72. The SMILES string of the molecule is COc1cc(Br)cc(/C=N/NC(=O)Nc2ccccc2)c1OC. The Morgan fingerprint density at radius 1 is 1.17 bits per heavy atom. The third-order valence-corrected chi connectivity index (χ3v) is 3.33. The average molecular weight is 378 g/mol. The summed E-state index contributed by atoms with van der Waals surface area (Å²) in [6, 6.07) is 12.3. The van der Waals surface area contributed by atoms with E-state index in [0.717, 1.165) is 4.47 Å². The summed E-state index contributed by atoms with van der Waals surface area (Å²) < 4.78 is 11.4. The van der Waals surface area contributed by atoms with Gasteiger partial charge in [-0.2, -0.15) is 5.10 Å². The Kier molecular flexibility index (Phi) is 5.99. The van der Waals surface area contributed by atoms with Crippen LogP contribution in [-0.4, -0.2) is 26.5 Å². The van der Waals surface area contributed by atoms with Crippen molar-refractivity contribution in [2.45, 2.75) is 0 Å². The normalized spacial score (nSPS) is 10.4.